The number of ether oxygens (including phenoxy) is 1. The van der Waals surface area contributed by atoms with Gasteiger partial charge in [0.15, 0.2) is 0 Å². The highest BCUT2D eigenvalue weighted by Crippen LogP contribution is 2.25. The lowest BCUT2D eigenvalue weighted by molar-refractivity contribution is -0.134. The first-order valence-corrected chi connectivity index (χ1v) is 9.20. The van der Waals surface area contributed by atoms with E-state index < -0.39 is 35.0 Å². The van der Waals surface area contributed by atoms with Crippen LogP contribution in [0.1, 0.15) is 39.5 Å². The van der Waals surface area contributed by atoms with E-state index in [2.05, 4.69) is 10.6 Å². The Morgan fingerprint density at radius 2 is 1.79 bits per heavy atom. The Morgan fingerprint density at radius 3 is 2.32 bits per heavy atom. The van der Waals surface area contributed by atoms with Gasteiger partial charge in [0, 0.05) is 24.2 Å². The van der Waals surface area contributed by atoms with Crippen LogP contribution in [0, 0.1) is 11.6 Å². The van der Waals surface area contributed by atoms with Crippen molar-refractivity contribution in [3.8, 4) is 5.75 Å². The molecule has 0 radical (unpaired) electrons. The number of benzene rings is 1. The van der Waals surface area contributed by atoms with Crippen molar-refractivity contribution >= 4 is 17.8 Å². The van der Waals surface area contributed by atoms with Crippen LogP contribution in [0.25, 0.3) is 0 Å². The topological polar surface area (TPSA) is 87.7 Å². The minimum Gasteiger partial charge on any atom is -0.490 e. The Hall–Kier alpha value is -2.71. The Balaban J connectivity index is 1.46. The van der Waals surface area contributed by atoms with Gasteiger partial charge in [-0.05, 0) is 39.5 Å². The van der Waals surface area contributed by atoms with Crippen molar-refractivity contribution in [1.82, 2.24) is 15.5 Å². The number of hydrogen-bond acceptors (Lipinski definition) is 4. The average Bonchev–Trinajstić information content (AvgIpc) is 2.77. The Bertz CT molecular complexity index is 771. The molecule has 2 fully saturated rings. The van der Waals surface area contributed by atoms with Gasteiger partial charge in [-0.2, -0.15) is 0 Å². The largest absolute Gasteiger partial charge is 0.490 e. The first-order chi connectivity index (χ1) is 13.1. The Labute approximate surface area is 161 Å². The van der Waals surface area contributed by atoms with Crippen LogP contribution in [0.15, 0.2) is 18.2 Å². The van der Waals surface area contributed by atoms with E-state index in [1.54, 1.807) is 13.8 Å². The molecule has 7 nitrogen and oxygen atoms in total. The SMILES string of the molecule is CC1(C)NC(=O)N(CC(=O)NC2CCC(Oc3cc(F)cc(F)c3)CC2)C1=O. The summed E-state index contributed by atoms with van der Waals surface area (Å²) in [6.45, 7) is 2.83. The quantitative estimate of drug-likeness (QED) is 0.748. The molecule has 1 aliphatic heterocycles. The maximum atomic E-state index is 13.2. The second-order valence-electron chi connectivity index (χ2n) is 7.71. The standard InChI is InChI=1S/C19H23F2N3O4/c1-19(2)17(26)24(18(27)23-19)10-16(25)22-13-3-5-14(6-4-13)28-15-8-11(20)7-12(21)9-15/h7-9,13-14H,3-6,10H2,1-2H3,(H,22,25)(H,23,27). The maximum absolute atomic E-state index is 13.2. The summed E-state index contributed by atoms with van der Waals surface area (Å²) in [7, 11) is 0. The predicted octanol–water partition coefficient (Wildman–Crippen LogP) is 2.10. The first kappa shape index (κ1) is 20.0. The normalized spacial score (nSPS) is 24.1. The second-order valence-corrected chi connectivity index (χ2v) is 7.71. The number of carbonyl (C=O) groups excluding carboxylic acids is 3. The Morgan fingerprint density at radius 1 is 1.18 bits per heavy atom. The van der Waals surface area contributed by atoms with E-state index in [9.17, 15) is 23.2 Å². The first-order valence-electron chi connectivity index (χ1n) is 9.20. The summed E-state index contributed by atoms with van der Waals surface area (Å²) >= 11 is 0. The van der Waals surface area contributed by atoms with Crippen LogP contribution in [-0.4, -0.2) is 47.0 Å². The van der Waals surface area contributed by atoms with Gasteiger partial charge in [0.1, 0.15) is 29.5 Å². The number of halogens is 2. The summed E-state index contributed by atoms with van der Waals surface area (Å²) in [6.07, 6.45) is 2.28. The van der Waals surface area contributed by atoms with Crippen LogP contribution in [-0.2, 0) is 9.59 Å². The monoisotopic (exact) mass is 395 g/mol. The van der Waals surface area contributed by atoms with Gasteiger partial charge >= 0.3 is 6.03 Å². The molecule has 3 rings (SSSR count). The molecule has 9 heteroatoms. The number of amides is 4. The number of nitrogens with zero attached hydrogens (tertiary/aromatic N) is 1. The second kappa shape index (κ2) is 7.73. The zero-order valence-corrected chi connectivity index (χ0v) is 15.8. The lowest BCUT2D eigenvalue weighted by Crippen LogP contribution is -2.46. The summed E-state index contributed by atoms with van der Waals surface area (Å²) in [5.41, 5.74) is -1.01. The van der Waals surface area contributed by atoms with E-state index in [1.807, 2.05) is 0 Å². The van der Waals surface area contributed by atoms with E-state index in [0.717, 1.165) is 23.1 Å². The number of carbonyl (C=O) groups is 3. The molecule has 0 spiro atoms. The molecule has 2 aliphatic rings. The minimum atomic E-state index is -1.01. The lowest BCUT2D eigenvalue weighted by Gasteiger charge is -2.30. The third kappa shape index (κ3) is 4.58. The highest BCUT2D eigenvalue weighted by molar-refractivity contribution is 6.08. The van der Waals surface area contributed by atoms with Crippen LogP contribution in [0.2, 0.25) is 0 Å². The highest BCUT2D eigenvalue weighted by atomic mass is 19.1. The average molecular weight is 395 g/mol. The maximum Gasteiger partial charge on any atom is 0.325 e. The summed E-state index contributed by atoms with van der Waals surface area (Å²) in [5, 5.41) is 5.35. The molecule has 0 aromatic heterocycles. The molecular weight excluding hydrogens is 372 g/mol. The molecule has 0 atom stereocenters. The summed E-state index contributed by atoms with van der Waals surface area (Å²) in [6, 6.07) is 2.37. The molecule has 4 amide bonds. The molecule has 1 heterocycles. The zero-order valence-electron chi connectivity index (χ0n) is 15.8. The highest BCUT2D eigenvalue weighted by Gasteiger charge is 2.45. The Kier molecular flexibility index (Phi) is 5.53. The van der Waals surface area contributed by atoms with Gasteiger partial charge in [0.05, 0.1) is 6.10 Å². The van der Waals surface area contributed by atoms with Crippen LogP contribution in [0.4, 0.5) is 13.6 Å². The third-order valence-electron chi connectivity index (χ3n) is 4.92. The van der Waals surface area contributed by atoms with E-state index in [0.29, 0.717) is 25.7 Å². The number of nitrogens with one attached hydrogen (secondary N) is 2. The van der Waals surface area contributed by atoms with Crippen molar-refractivity contribution in [1.29, 1.82) is 0 Å². The van der Waals surface area contributed by atoms with Crippen molar-refractivity contribution in [2.24, 2.45) is 0 Å². The smallest absolute Gasteiger partial charge is 0.325 e. The van der Waals surface area contributed by atoms with E-state index in [-0.39, 0.29) is 24.4 Å². The van der Waals surface area contributed by atoms with Crippen molar-refractivity contribution in [3.05, 3.63) is 29.8 Å². The van der Waals surface area contributed by atoms with Gasteiger partial charge in [0.25, 0.3) is 5.91 Å². The van der Waals surface area contributed by atoms with Crippen molar-refractivity contribution in [2.45, 2.75) is 57.2 Å². The van der Waals surface area contributed by atoms with Crippen LogP contribution < -0.4 is 15.4 Å². The number of urea groups is 1. The molecule has 1 aromatic rings. The molecule has 28 heavy (non-hydrogen) atoms. The summed E-state index contributed by atoms with van der Waals surface area (Å²) in [5.74, 6) is -2.09. The molecule has 0 bridgehead atoms. The van der Waals surface area contributed by atoms with E-state index in [1.165, 1.54) is 0 Å². The molecule has 152 valence electrons. The molecule has 1 saturated carbocycles. The van der Waals surface area contributed by atoms with Crippen LogP contribution in [0.5, 0.6) is 5.75 Å². The predicted molar refractivity (Wildman–Crippen MR) is 95.5 cm³/mol. The summed E-state index contributed by atoms with van der Waals surface area (Å²) < 4.78 is 32.1. The zero-order chi connectivity index (χ0) is 20.5. The van der Waals surface area contributed by atoms with Crippen molar-refractivity contribution in [3.63, 3.8) is 0 Å². The number of rotatable bonds is 5. The van der Waals surface area contributed by atoms with Gasteiger partial charge in [-0.25, -0.2) is 13.6 Å². The van der Waals surface area contributed by atoms with E-state index in [4.69, 9.17) is 4.74 Å². The number of imide groups is 1. The fourth-order valence-corrected chi connectivity index (χ4v) is 3.49. The molecule has 2 N–H and O–H groups in total. The van der Waals surface area contributed by atoms with Gasteiger partial charge in [-0.15, -0.1) is 0 Å². The van der Waals surface area contributed by atoms with Crippen LogP contribution >= 0.6 is 0 Å². The van der Waals surface area contributed by atoms with Crippen molar-refractivity contribution < 1.29 is 27.9 Å². The lowest BCUT2D eigenvalue weighted by atomic mass is 9.93. The van der Waals surface area contributed by atoms with Gasteiger partial charge in [-0.1, -0.05) is 0 Å². The third-order valence-corrected chi connectivity index (χ3v) is 4.92. The summed E-state index contributed by atoms with van der Waals surface area (Å²) in [4.78, 5) is 37.1. The molecule has 1 aromatic carbocycles. The van der Waals surface area contributed by atoms with Crippen molar-refractivity contribution in [2.75, 3.05) is 6.54 Å². The fraction of sp³-hybridized carbons (Fsp3) is 0.526. The number of hydrogen-bond donors (Lipinski definition) is 2. The van der Waals surface area contributed by atoms with Gasteiger partial charge in [-0.3, -0.25) is 14.5 Å². The van der Waals surface area contributed by atoms with Crippen LogP contribution in [0.3, 0.4) is 0 Å². The van der Waals surface area contributed by atoms with Gasteiger partial charge in [0.2, 0.25) is 5.91 Å². The minimum absolute atomic E-state index is 0.106. The fourth-order valence-electron chi connectivity index (χ4n) is 3.49. The van der Waals surface area contributed by atoms with Gasteiger partial charge < -0.3 is 15.4 Å². The molecule has 1 aliphatic carbocycles. The molecule has 0 unspecified atom stereocenters. The molecular formula is C19H23F2N3O4. The van der Waals surface area contributed by atoms with E-state index >= 15 is 0 Å². The molecule has 1 saturated heterocycles.